The summed E-state index contributed by atoms with van der Waals surface area (Å²) in [7, 11) is 0. The fraction of sp³-hybridized carbons (Fsp3) is 0.500. The van der Waals surface area contributed by atoms with Gasteiger partial charge in [-0.1, -0.05) is 6.92 Å². The van der Waals surface area contributed by atoms with Crippen molar-refractivity contribution in [2.24, 2.45) is 5.73 Å². The Kier molecular flexibility index (Phi) is 3.87. The van der Waals surface area contributed by atoms with Crippen LogP contribution in [0.25, 0.3) is 0 Å². The van der Waals surface area contributed by atoms with Crippen molar-refractivity contribution in [1.29, 1.82) is 0 Å². The Balaban J connectivity index is 2.14. The first-order valence-corrected chi connectivity index (χ1v) is 6.53. The molecule has 0 aliphatic heterocycles. The van der Waals surface area contributed by atoms with Crippen molar-refractivity contribution in [2.75, 3.05) is 0 Å². The second kappa shape index (κ2) is 5.40. The van der Waals surface area contributed by atoms with E-state index in [2.05, 4.69) is 53.3 Å². The molecule has 0 radical (unpaired) electrons. The van der Waals surface area contributed by atoms with Crippen LogP contribution < -0.4 is 5.73 Å². The molecule has 98 valence electrons. The molecule has 2 aromatic rings. The van der Waals surface area contributed by atoms with Gasteiger partial charge in [-0.2, -0.15) is 0 Å². The molecular weight excluding hydrogens is 224 g/mol. The zero-order valence-electron chi connectivity index (χ0n) is 11.4. The van der Waals surface area contributed by atoms with Crippen LogP contribution in [0.5, 0.6) is 0 Å². The number of nitrogens with two attached hydrogens (primary N) is 1. The maximum atomic E-state index is 6.03. The molecule has 0 saturated heterocycles. The van der Waals surface area contributed by atoms with Gasteiger partial charge in [-0.25, -0.2) is 4.98 Å². The standard InChI is InChI=1S/C14H22N4/c1-4-14(15)12-5-6-17(8-12)9-13-7-16-10-18(13)11(2)3/h5-8,10-11,14H,4,9,15H2,1-3H3. The van der Waals surface area contributed by atoms with E-state index in [-0.39, 0.29) is 6.04 Å². The highest BCUT2D eigenvalue weighted by atomic mass is 15.1. The molecule has 1 unspecified atom stereocenters. The average molecular weight is 246 g/mol. The molecule has 1 atom stereocenters. The van der Waals surface area contributed by atoms with Crippen LogP contribution in [0.3, 0.4) is 0 Å². The highest BCUT2D eigenvalue weighted by molar-refractivity contribution is 5.16. The maximum Gasteiger partial charge on any atom is 0.0951 e. The molecule has 0 saturated carbocycles. The minimum Gasteiger partial charge on any atom is -0.348 e. The average Bonchev–Trinajstić information content (AvgIpc) is 2.97. The molecule has 4 heteroatoms. The first-order chi connectivity index (χ1) is 8.61. The van der Waals surface area contributed by atoms with E-state index in [4.69, 9.17) is 5.73 Å². The lowest BCUT2D eigenvalue weighted by Gasteiger charge is -2.12. The highest BCUT2D eigenvalue weighted by Gasteiger charge is 2.08. The van der Waals surface area contributed by atoms with Crippen LogP contribution in [0, 0.1) is 0 Å². The Hall–Kier alpha value is -1.55. The van der Waals surface area contributed by atoms with Gasteiger partial charge in [-0.05, 0) is 31.9 Å². The van der Waals surface area contributed by atoms with Crippen molar-refractivity contribution in [3.63, 3.8) is 0 Å². The molecule has 2 rings (SSSR count). The summed E-state index contributed by atoms with van der Waals surface area (Å²) in [5.41, 5.74) is 8.45. The van der Waals surface area contributed by atoms with Crippen LogP contribution in [0.1, 0.15) is 50.5 Å². The number of nitrogens with zero attached hydrogens (tertiary/aromatic N) is 3. The molecule has 2 heterocycles. The Bertz CT molecular complexity index is 495. The third-order valence-electron chi connectivity index (χ3n) is 3.29. The molecule has 0 aromatic carbocycles. The molecule has 0 spiro atoms. The predicted molar refractivity (Wildman–Crippen MR) is 73.4 cm³/mol. The molecule has 4 nitrogen and oxygen atoms in total. The first kappa shape index (κ1) is 12.9. The molecule has 0 bridgehead atoms. The van der Waals surface area contributed by atoms with Crippen molar-refractivity contribution in [1.82, 2.24) is 14.1 Å². The van der Waals surface area contributed by atoms with Crippen molar-refractivity contribution in [3.8, 4) is 0 Å². The monoisotopic (exact) mass is 246 g/mol. The van der Waals surface area contributed by atoms with Crippen molar-refractivity contribution >= 4 is 0 Å². The van der Waals surface area contributed by atoms with Gasteiger partial charge in [-0.3, -0.25) is 0 Å². The topological polar surface area (TPSA) is 48.8 Å². The van der Waals surface area contributed by atoms with E-state index in [9.17, 15) is 0 Å². The molecule has 2 aromatic heterocycles. The Morgan fingerprint density at radius 1 is 1.39 bits per heavy atom. The summed E-state index contributed by atoms with van der Waals surface area (Å²) in [5.74, 6) is 0. The number of imidazole rings is 1. The third-order valence-corrected chi connectivity index (χ3v) is 3.29. The minimum atomic E-state index is 0.140. The van der Waals surface area contributed by atoms with Gasteiger partial charge in [0.1, 0.15) is 0 Å². The number of aromatic nitrogens is 3. The van der Waals surface area contributed by atoms with Crippen LogP contribution in [0.2, 0.25) is 0 Å². The van der Waals surface area contributed by atoms with Gasteiger partial charge in [0.15, 0.2) is 0 Å². The second-order valence-electron chi connectivity index (χ2n) is 5.02. The highest BCUT2D eigenvalue weighted by Crippen LogP contribution is 2.16. The minimum absolute atomic E-state index is 0.140. The van der Waals surface area contributed by atoms with Gasteiger partial charge >= 0.3 is 0 Å². The maximum absolute atomic E-state index is 6.03. The Morgan fingerprint density at radius 3 is 2.83 bits per heavy atom. The van der Waals surface area contributed by atoms with Crippen LogP contribution in [-0.2, 0) is 6.54 Å². The van der Waals surface area contributed by atoms with E-state index in [0.29, 0.717) is 6.04 Å². The van der Waals surface area contributed by atoms with Gasteiger partial charge < -0.3 is 14.9 Å². The first-order valence-electron chi connectivity index (χ1n) is 6.53. The summed E-state index contributed by atoms with van der Waals surface area (Å²) in [4.78, 5) is 4.22. The lowest BCUT2D eigenvalue weighted by Crippen LogP contribution is -2.09. The van der Waals surface area contributed by atoms with E-state index in [0.717, 1.165) is 13.0 Å². The van der Waals surface area contributed by atoms with Crippen LogP contribution >= 0.6 is 0 Å². The summed E-state index contributed by atoms with van der Waals surface area (Å²) >= 11 is 0. The van der Waals surface area contributed by atoms with Crippen molar-refractivity contribution in [2.45, 2.75) is 45.8 Å². The van der Waals surface area contributed by atoms with E-state index in [1.807, 2.05) is 12.5 Å². The van der Waals surface area contributed by atoms with Gasteiger partial charge in [-0.15, -0.1) is 0 Å². The zero-order chi connectivity index (χ0) is 13.1. The van der Waals surface area contributed by atoms with E-state index < -0.39 is 0 Å². The van der Waals surface area contributed by atoms with E-state index in [1.54, 1.807) is 0 Å². The zero-order valence-corrected chi connectivity index (χ0v) is 11.4. The Morgan fingerprint density at radius 2 is 2.17 bits per heavy atom. The molecule has 0 fully saturated rings. The summed E-state index contributed by atoms with van der Waals surface area (Å²) < 4.78 is 4.36. The van der Waals surface area contributed by atoms with E-state index in [1.165, 1.54) is 11.3 Å². The molecule has 2 N–H and O–H groups in total. The summed E-state index contributed by atoms with van der Waals surface area (Å²) in [5, 5.41) is 0. The SMILES string of the molecule is CCC(N)c1ccn(Cc2cncn2C(C)C)c1. The molecule has 18 heavy (non-hydrogen) atoms. The summed E-state index contributed by atoms with van der Waals surface area (Å²) in [6.45, 7) is 7.28. The summed E-state index contributed by atoms with van der Waals surface area (Å²) in [6, 6.07) is 2.68. The fourth-order valence-electron chi connectivity index (χ4n) is 2.12. The van der Waals surface area contributed by atoms with Gasteiger partial charge in [0.25, 0.3) is 0 Å². The predicted octanol–water partition coefficient (Wildman–Crippen LogP) is 2.72. The molecular formula is C14H22N4. The van der Waals surface area contributed by atoms with Crippen LogP contribution in [0.4, 0.5) is 0 Å². The molecule has 0 amide bonds. The molecule has 0 aliphatic rings. The lowest BCUT2D eigenvalue weighted by molar-refractivity contribution is 0.561. The second-order valence-corrected chi connectivity index (χ2v) is 5.02. The van der Waals surface area contributed by atoms with Gasteiger partial charge in [0.2, 0.25) is 0 Å². The Labute approximate surface area is 108 Å². The van der Waals surface area contributed by atoms with Crippen molar-refractivity contribution < 1.29 is 0 Å². The largest absolute Gasteiger partial charge is 0.348 e. The quantitative estimate of drug-likeness (QED) is 0.881. The fourth-order valence-corrected chi connectivity index (χ4v) is 2.12. The molecule has 0 aliphatic carbocycles. The third kappa shape index (κ3) is 2.64. The summed E-state index contributed by atoms with van der Waals surface area (Å²) in [6.07, 6.45) is 9.00. The van der Waals surface area contributed by atoms with Gasteiger partial charge in [0.05, 0.1) is 18.6 Å². The lowest BCUT2D eigenvalue weighted by atomic mass is 10.1. The van der Waals surface area contributed by atoms with Crippen LogP contribution in [0.15, 0.2) is 31.0 Å². The number of rotatable bonds is 5. The number of hydrogen-bond donors (Lipinski definition) is 1. The van der Waals surface area contributed by atoms with Crippen molar-refractivity contribution in [3.05, 3.63) is 42.2 Å². The number of hydrogen-bond acceptors (Lipinski definition) is 2. The van der Waals surface area contributed by atoms with Gasteiger partial charge in [0, 0.05) is 30.7 Å². The van der Waals surface area contributed by atoms with E-state index >= 15 is 0 Å². The normalized spacial score (nSPS) is 13.2. The smallest absolute Gasteiger partial charge is 0.0951 e. The van der Waals surface area contributed by atoms with Crippen LogP contribution in [-0.4, -0.2) is 14.1 Å².